The standard InChI is InChI=1S/C16H13BrCl2N2O3S/c1-2-24-13-4-3-8(5-10(13)17)15(23)21-16(25)20-9-6-11(18)14(22)12(19)7-9/h3-7,22H,2H2,1H3,(H2,20,21,23,25). The van der Waals surface area contributed by atoms with Gasteiger partial charge in [-0.3, -0.25) is 10.1 Å². The van der Waals surface area contributed by atoms with Crippen molar-refractivity contribution in [1.29, 1.82) is 0 Å². The molecule has 0 aromatic heterocycles. The quantitative estimate of drug-likeness (QED) is 0.440. The van der Waals surface area contributed by atoms with Gasteiger partial charge in [0.1, 0.15) is 5.75 Å². The van der Waals surface area contributed by atoms with Gasteiger partial charge in [0, 0.05) is 11.3 Å². The van der Waals surface area contributed by atoms with Gasteiger partial charge in [0.05, 0.1) is 21.1 Å². The summed E-state index contributed by atoms with van der Waals surface area (Å²) in [6.45, 7) is 2.40. The molecule has 0 saturated heterocycles. The Morgan fingerprint density at radius 3 is 2.48 bits per heavy atom. The Hall–Kier alpha value is -1.54. The average molecular weight is 464 g/mol. The molecule has 9 heteroatoms. The summed E-state index contributed by atoms with van der Waals surface area (Å²) in [7, 11) is 0. The van der Waals surface area contributed by atoms with Crippen molar-refractivity contribution in [2.45, 2.75) is 6.92 Å². The van der Waals surface area contributed by atoms with Gasteiger partial charge >= 0.3 is 0 Å². The van der Waals surface area contributed by atoms with Crippen molar-refractivity contribution < 1.29 is 14.6 Å². The summed E-state index contributed by atoms with van der Waals surface area (Å²) in [5, 5.41) is 15.1. The summed E-state index contributed by atoms with van der Waals surface area (Å²) in [6.07, 6.45) is 0. The molecule has 0 aliphatic rings. The molecule has 25 heavy (non-hydrogen) atoms. The van der Waals surface area contributed by atoms with E-state index < -0.39 is 5.91 Å². The Morgan fingerprint density at radius 1 is 1.28 bits per heavy atom. The van der Waals surface area contributed by atoms with Crippen molar-refractivity contribution in [3.63, 3.8) is 0 Å². The minimum absolute atomic E-state index is 0.0628. The number of anilines is 1. The highest BCUT2D eigenvalue weighted by Gasteiger charge is 2.12. The van der Waals surface area contributed by atoms with Crippen LogP contribution in [0.1, 0.15) is 17.3 Å². The molecule has 3 N–H and O–H groups in total. The number of thiocarbonyl (C=S) groups is 1. The van der Waals surface area contributed by atoms with Gasteiger partial charge in [-0.15, -0.1) is 0 Å². The van der Waals surface area contributed by atoms with Crippen molar-refractivity contribution in [2.24, 2.45) is 0 Å². The van der Waals surface area contributed by atoms with E-state index in [1.165, 1.54) is 12.1 Å². The van der Waals surface area contributed by atoms with Gasteiger partial charge < -0.3 is 15.2 Å². The predicted molar refractivity (Wildman–Crippen MR) is 107 cm³/mol. The van der Waals surface area contributed by atoms with E-state index in [0.29, 0.717) is 28.1 Å². The first-order valence-electron chi connectivity index (χ1n) is 7.04. The molecule has 0 saturated carbocycles. The summed E-state index contributed by atoms with van der Waals surface area (Å²) >= 11 is 20.1. The van der Waals surface area contributed by atoms with Gasteiger partial charge in [0.15, 0.2) is 10.9 Å². The van der Waals surface area contributed by atoms with Crippen LogP contribution in [0.25, 0.3) is 0 Å². The van der Waals surface area contributed by atoms with E-state index in [4.69, 9.17) is 40.2 Å². The maximum absolute atomic E-state index is 12.3. The summed E-state index contributed by atoms with van der Waals surface area (Å²) in [5.41, 5.74) is 0.840. The fraction of sp³-hybridized carbons (Fsp3) is 0.125. The summed E-state index contributed by atoms with van der Waals surface area (Å²) in [5.74, 6) is 0.0356. The van der Waals surface area contributed by atoms with Gasteiger partial charge in [-0.2, -0.15) is 0 Å². The number of carbonyl (C=O) groups excluding carboxylic acids is 1. The maximum atomic E-state index is 12.3. The molecule has 0 fully saturated rings. The van der Waals surface area contributed by atoms with Crippen LogP contribution in [0.5, 0.6) is 11.5 Å². The van der Waals surface area contributed by atoms with Crippen molar-refractivity contribution in [3.8, 4) is 11.5 Å². The number of hydrogen-bond donors (Lipinski definition) is 3. The first kappa shape index (κ1) is 19.8. The number of rotatable bonds is 4. The second-order valence-corrected chi connectivity index (χ2v) is 6.85. The third kappa shape index (κ3) is 5.22. The van der Waals surface area contributed by atoms with Gasteiger partial charge in [-0.05, 0) is 65.4 Å². The summed E-state index contributed by atoms with van der Waals surface area (Å²) in [6, 6.07) is 7.83. The Labute approximate surface area is 168 Å². The van der Waals surface area contributed by atoms with Crippen molar-refractivity contribution >= 4 is 68.1 Å². The summed E-state index contributed by atoms with van der Waals surface area (Å²) < 4.78 is 6.07. The topological polar surface area (TPSA) is 70.6 Å². The zero-order valence-corrected chi connectivity index (χ0v) is 16.8. The van der Waals surface area contributed by atoms with Crippen LogP contribution in [-0.4, -0.2) is 22.7 Å². The van der Waals surface area contributed by atoms with E-state index in [-0.39, 0.29) is 20.9 Å². The number of carbonyl (C=O) groups is 1. The first-order valence-corrected chi connectivity index (χ1v) is 9.00. The van der Waals surface area contributed by atoms with Crippen LogP contribution < -0.4 is 15.4 Å². The average Bonchev–Trinajstić information content (AvgIpc) is 2.54. The number of benzene rings is 2. The van der Waals surface area contributed by atoms with Crippen LogP contribution >= 0.6 is 51.3 Å². The summed E-state index contributed by atoms with van der Waals surface area (Å²) in [4.78, 5) is 12.3. The molecule has 0 unspecified atom stereocenters. The predicted octanol–water partition coefficient (Wildman–Crippen LogP) is 4.99. The number of amides is 1. The second kappa shape index (κ2) is 8.71. The largest absolute Gasteiger partial charge is 0.505 e. The molecule has 0 aliphatic carbocycles. The lowest BCUT2D eigenvalue weighted by Gasteiger charge is -2.12. The molecule has 0 bridgehead atoms. The van der Waals surface area contributed by atoms with E-state index >= 15 is 0 Å². The Morgan fingerprint density at radius 2 is 1.92 bits per heavy atom. The smallest absolute Gasteiger partial charge is 0.257 e. The van der Waals surface area contributed by atoms with Crippen molar-refractivity contribution in [1.82, 2.24) is 5.32 Å². The fourth-order valence-corrected chi connectivity index (χ4v) is 3.08. The third-order valence-corrected chi connectivity index (χ3v) is 4.40. The van der Waals surface area contributed by atoms with E-state index in [2.05, 4.69) is 26.6 Å². The molecule has 0 heterocycles. The molecule has 0 spiro atoms. The molecule has 2 rings (SSSR count). The van der Waals surface area contributed by atoms with E-state index in [1.54, 1.807) is 18.2 Å². The molecule has 2 aromatic rings. The maximum Gasteiger partial charge on any atom is 0.257 e. The highest BCUT2D eigenvalue weighted by Crippen LogP contribution is 2.34. The Bertz CT molecular complexity index is 810. The molecule has 0 radical (unpaired) electrons. The van der Waals surface area contributed by atoms with E-state index in [9.17, 15) is 9.90 Å². The SMILES string of the molecule is CCOc1ccc(C(=O)NC(=S)Nc2cc(Cl)c(O)c(Cl)c2)cc1Br. The van der Waals surface area contributed by atoms with Crippen molar-refractivity contribution in [3.05, 3.63) is 50.4 Å². The third-order valence-electron chi connectivity index (χ3n) is 3.00. The number of ether oxygens (including phenoxy) is 1. The van der Waals surface area contributed by atoms with Crippen LogP contribution in [0.15, 0.2) is 34.8 Å². The zero-order valence-electron chi connectivity index (χ0n) is 12.9. The molecular weight excluding hydrogens is 451 g/mol. The normalized spacial score (nSPS) is 10.2. The molecule has 1 amide bonds. The Kier molecular flexibility index (Phi) is 6.89. The van der Waals surface area contributed by atoms with Crippen LogP contribution in [0.2, 0.25) is 10.0 Å². The number of phenols is 1. The zero-order chi connectivity index (χ0) is 18.6. The van der Waals surface area contributed by atoms with Crippen LogP contribution in [0, 0.1) is 0 Å². The Balaban J connectivity index is 2.05. The lowest BCUT2D eigenvalue weighted by atomic mass is 10.2. The van der Waals surface area contributed by atoms with E-state index in [1.807, 2.05) is 6.92 Å². The lowest BCUT2D eigenvalue weighted by molar-refractivity contribution is 0.0977. The molecule has 5 nitrogen and oxygen atoms in total. The van der Waals surface area contributed by atoms with Gasteiger partial charge in [-0.25, -0.2) is 0 Å². The molecule has 132 valence electrons. The van der Waals surface area contributed by atoms with Gasteiger partial charge in [0.2, 0.25) is 0 Å². The van der Waals surface area contributed by atoms with Crippen LogP contribution in [-0.2, 0) is 0 Å². The second-order valence-electron chi connectivity index (χ2n) is 4.77. The number of hydrogen-bond acceptors (Lipinski definition) is 4. The lowest BCUT2D eigenvalue weighted by Crippen LogP contribution is -2.34. The van der Waals surface area contributed by atoms with Gasteiger partial charge in [-0.1, -0.05) is 23.2 Å². The minimum Gasteiger partial charge on any atom is -0.505 e. The molecular formula is C16H13BrCl2N2O3S. The fourth-order valence-electron chi connectivity index (χ4n) is 1.89. The monoisotopic (exact) mass is 462 g/mol. The minimum atomic E-state index is -0.391. The molecule has 0 atom stereocenters. The van der Waals surface area contributed by atoms with Crippen LogP contribution in [0.3, 0.4) is 0 Å². The van der Waals surface area contributed by atoms with Crippen LogP contribution in [0.4, 0.5) is 5.69 Å². The molecule has 0 aliphatic heterocycles. The highest BCUT2D eigenvalue weighted by atomic mass is 79.9. The van der Waals surface area contributed by atoms with E-state index in [0.717, 1.165) is 0 Å². The van der Waals surface area contributed by atoms with Crippen molar-refractivity contribution in [2.75, 3.05) is 11.9 Å². The number of halogens is 3. The molecule has 2 aromatic carbocycles. The number of aromatic hydroxyl groups is 1. The first-order chi connectivity index (χ1) is 11.8. The highest BCUT2D eigenvalue weighted by molar-refractivity contribution is 9.10. The van der Waals surface area contributed by atoms with Gasteiger partial charge in [0.25, 0.3) is 5.91 Å². The number of nitrogens with one attached hydrogen (secondary N) is 2. The number of phenolic OH excluding ortho intramolecular Hbond substituents is 1.